The van der Waals surface area contributed by atoms with Gasteiger partial charge in [-0.25, -0.2) is 0 Å². The Morgan fingerprint density at radius 2 is 1.40 bits per heavy atom. The van der Waals surface area contributed by atoms with E-state index in [9.17, 15) is 9.59 Å². The summed E-state index contributed by atoms with van der Waals surface area (Å²) < 4.78 is 0. The van der Waals surface area contributed by atoms with Crippen LogP contribution >= 0.6 is 0 Å². The molecular formula is C30H35N3O2. The molecule has 1 aliphatic heterocycles. The van der Waals surface area contributed by atoms with Crippen LogP contribution in [-0.4, -0.2) is 60.9 Å². The second-order valence-electron chi connectivity index (χ2n) is 8.95. The third kappa shape index (κ3) is 5.91. The van der Waals surface area contributed by atoms with E-state index in [-0.39, 0.29) is 11.8 Å². The fraction of sp³-hybridized carbons (Fsp3) is 0.333. The lowest BCUT2D eigenvalue weighted by molar-refractivity contribution is 0.0744. The molecule has 1 fully saturated rings. The zero-order chi connectivity index (χ0) is 24.6. The molecule has 0 atom stereocenters. The fourth-order valence-electron chi connectivity index (χ4n) is 4.73. The number of amides is 2. The van der Waals surface area contributed by atoms with Gasteiger partial charge < -0.3 is 14.7 Å². The third-order valence-electron chi connectivity index (χ3n) is 6.85. The van der Waals surface area contributed by atoms with Crippen molar-refractivity contribution in [3.05, 3.63) is 101 Å². The maximum Gasteiger partial charge on any atom is 0.254 e. The molecule has 5 nitrogen and oxygen atoms in total. The fourth-order valence-corrected chi connectivity index (χ4v) is 4.73. The topological polar surface area (TPSA) is 43.9 Å². The Balaban J connectivity index is 1.51. The summed E-state index contributed by atoms with van der Waals surface area (Å²) in [5.41, 5.74) is 5.02. The number of carbonyl (C=O) groups is 2. The Bertz CT molecular complexity index is 1120. The molecule has 5 heteroatoms. The van der Waals surface area contributed by atoms with E-state index in [1.807, 2.05) is 66.1 Å². The first kappa shape index (κ1) is 24.5. The van der Waals surface area contributed by atoms with Gasteiger partial charge in [-0.2, -0.15) is 0 Å². The highest BCUT2D eigenvalue weighted by Gasteiger charge is 2.24. The van der Waals surface area contributed by atoms with E-state index >= 15 is 0 Å². The number of anilines is 1. The zero-order valence-electron chi connectivity index (χ0n) is 20.8. The van der Waals surface area contributed by atoms with E-state index < -0.39 is 0 Å². The molecule has 4 rings (SSSR count). The Kier molecular flexibility index (Phi) is 8.19. The quantitative estimate of drug-likeness (QED) is 0.471. The van der Waals surface area contributed by atoms with Crippen molar-refractivity contribution in [2.24, 2.45) is 0 Å². The SMILES string of the molecule is CCN(CC)C(=O)c1ccc(N2CCN(C(=O)c3ccccc3)CC2)cc1CCc1ccccc1. The Morgan fingerprint density at radius 3 is 2.03 bits per heavy atom. The number of hydrogen-bond donors (Lipinski definition) is 0. The van der Waals surface area contributed by atoms with E-state index in [0.717, 1.165) is 48.3 Å². The zero-order valence-corrected chi connectivity index (χ0v) is 20.8. The summed E-state index contributed by atoms with van der Waals surface area (Å²) in [7, 11) is 0. The number of aryl methyl sites for hydroxylation is 2. The van der Waals surface area contributed by atoms with Crippen LogP contribution in [0.3, 0.4) is 0 Å². The van der Waals surface area contributed by atoms with Crippen LogP contribution in [-0.2, 0) is 12.8 Å². The van der Waals surface area contributed by atoms with Crippen molar-refractivity contribution >= 4 is 17.5 Å². The van der Waals surface area contributed by atoms with Gasteiger partial charge in [0.1, 0.15) is 0 Å². The first-order valence-corrected chi connectivity index (χ1v) is 12.7. The average molecular weight is 470 g/mol. The van der Waals surface area contributed by atoms with Crippen LogP contribution in [0.15, 0.2) is 78.9 Å². The van der Waals surface area contributed by atoms with Crippen LogP contribution in [0.4, 0.5) is 5.69 Å². The van der Waals surface area contributed by atoms with Gasteiger partial charge in [-0.3, -0.25) is 9.59 Å². The molecule has 0 saturated carbocycles. The molecule has 0 bridgehead atoms. The third-order valence-corrected chi connectivity index (χ3v) is 6.85. The van der Waals surface area contributed by atoms with Crippen LogP contribution in [0.25, 0.3) is 0 Å². The first-order chi connectivity index (χ1) is 17.1. The van der Waals surface area contributed by atoms with Crippen molar-refractivity contribution in [2.45, 2.75) is 26.7 Å². The molecule has 3 aromatic carbocycles. The van der Waals surface area contributed by atoms with Gasteiger partial charge in [0, 0.05) is 56.1 Å². The minimum Gasteiger partial charge on any atom is -0.368 e. The summed E-state index contributed by atoms with van der Waals surface area (Å²) in [4.78, 5) is 32.2. The Hall–Kier alpha value is -3.60. The van der Waals surface area contributed by atoms with E-state index in [1.54, 1.807) is 0 Å². The second-order valence-corrected chi connectivity index (χ2v) is 8.95. The van der Waals surface area contributed by atoms with Crippen LogP contribution in [0.1, 0.15) is 45.7 Å². The molecular weight excluding hydrogens is 434 g/mol. The summed E-state index contributed by atoms with van der Waals surface area (Å²) in [5.74, 6) is 0.192. The van der Waals surface area contributed by atoms with Crippen molar-refractivity contribution < 1.29 is 9.59 Å². The molecule has 1 heterocycles. The smallest absolute Gasteiger partial charge is 0.254 e. The van der Waals surface area contributed by atoms with E-state index in [0.29, 0.717) is 26.2 Å². The molecule has 3 aromatic rings. The molecule has 0 spiro atoms. The Labute approximate surface area is 209 Å². The van der Waals surface area contributed by atoms with Crippen LogP contribution in [0.2, 0.25) is 0 Å². The van der Waals surface area contributed by atoms with Crippen molar-refractivity contribution in [3.8, 4) is 0 Å². The lowest BCUT2D eigenvalue weighted by atomic mass is 9.97. The minimum absolute atomic E-state index is 0.0916. The van der Waals surface area contributed by atoms with Gasteiger partial charge in [0.15, 0.2) is 0 Å². The molecule has 0 aromatic heterocycles. The summed E-state index contributed by atoms with van der Waals surface area (Å²) in [6, 6.07) is 26.2. The van der Waals surface area contributed by atoms with Crippen LogP contribution in [0, 0.1) is 0 Å². The molecule has 1 saturated heterocycles. The number of nitrogens with zero attached hydrogens (tertiary/aromatic N) is 3. The van der Waals surface area contributed by atoms with Gasteiger partial charge >= 0.3 is 0 Å². The first-order valence-electron chi connectivity index (χ1n) is 12.7. The van der Waals surface area contributed by atoms with Crippen LogP contribution < -0.4 is 4.90 Å². The summed E-state index contributed by atoms with van der Waals surface area (Å²) in [5, 5.41) is 0. The normalized spacial score (nSPS) is 13.5. The summed E-state index contributed by atoms with van der Waals surface area (Å²) in [6.07, 6.45) is 1.70. The number of benzene rings is 3. The molecule has 0 N–H and O–H groups in total. The van der Waals surface area contributed by atoms with Crippen LogP contribution in [0.5, 0.6) is 0 Å². The Morgan fingerprint density at radius 1 is 0.771 bits per heavy atom. The van der Waals surface area contributed by atoms with Crippen molar-refractivity contribution in [2.75, 3.05) is 44.2 Å². The molecule has 182 valence electrons. The monoisotopic (exact) mass is 469 g/mol. The van der Waals surface area contributed by atoms with Gasteiger partial charge in [0.05, 0.1) is 0 Å². The molecule has 0 aliphatic carbocycles. The molecule has 2 amide bonds. The molecule has 0 radical (unpaired) electrons. The lowest BCUT2D eigenvalue weighted by Crippen LogP contribution is -2.48. The number of hydrogen-bond acceptors (Lipinski definition) is 3. The summed E-state index contributed by atoms with van der Waals surface area (Å²) in [6.45, 7) is 8.38. The maximum atomic E-state index is 13.2. The van der Waals surface area contributed by atoms with Gasteiger partial charge in [-0.05, 0) is 68.1 Å². The number of rotatable bonds is 8. The van der Waals surface area contributed by atoms with Crippen molar-refractivity contribution in [1.29, 1.82) is 0 Å². The minimum atomic E-state index is 0.0916. The van der Waals surface area contributed by atoms with Gasteiger partial charge in [0.25, 0.3) is 11.8 Å². The van der Waals surface area contributed by atoms with Gasteiger partial charge in [0.2, 0.25) is 0 Å². The molecule has 1 aliphatic rings. The van der Waals surface area contributed by atoms with Crippen molar-refractivity contribution in [3.63, 3.8) is 0 Å². The highest BCUT2D eigenvalue weighted by Crippen LogP contribution is 2.24. The van der Waals surface area contributed by atoms with Gasteiger partial charge in [-0.15, -0.1) is 0 Å². The predicted molar refractivity (Wildman–Crippen MR) is 142 cm³/mol. The maximum absolute atomic E-state index is 13.2. The number of piperazine rings is 1. The number of carbonyl (C=O) groups excluding carboxylic acids is 2. The standard InChI is InChI=1S/C30H35N3O2/c1-3-31(4-2)30(35)28-18-17-27(23-26(28)16-15-24-11-7-5-8-12-24)32-19-21-33(22-20-32)29(34)25-13-9-6-10-14-25/h5-14,17-18,23H,3-4,15-16,19-22H2,1-2H3. The molecule has 35 heavy (non-hydrogen) atoms. The van der Waals surface area contributed by atoms with Gasteiger partial charge in [-0.1, -0.05) is 48.5 Å². The van der Waals surface area contributed by atoms with E-state index in [1.165, 1.54) is 5.56 Å². The lowest BCUT2D eigenvalue weighted by Gasteiger charge is -2.36. The average Bonchev–Trinajstić information content (AvgIpc) is 2.93. The second kappa shape index (κ2) is 11.7. The van der Waals surface area contributed by atoms with Crippen molar-refractivity contribution in [1.82, 2.24) is 9.80 Å². The highest BCUT2D eigenvalue weighted by atomic mass is 16.2. The largest absolute Gasteiger partial charge is 0.368 e. The summed E-state index contributed by atoms with van der Waals surface area (Å²) >= 11 is 0. The highest BCUT2D eigenvalue weighted by molar-refractivity contribution is 5.96. The van der Waals surface area contributed by atoms with E-state index in [4.69, 9.17) is 0 Å². The molecule has 0 unspecified atom stereocenters. The predicted octanol–water partition coefficient (Wildman–Crippen LogP) is 4.92. The van der Waals surface area contributed by atoms with E-state index in [2.05, 4.69) is 41.3 Å².